The summed E-state index contributed by atoms with van der Waals surface area (Å²) >= 11 is 0. The van der Waals surface area contributed by atoms with Crippen LogP contribution in [0.25, 0.3) is 0 Å². The summed E-state index contributed by atoms with van der Waals surface area (Å²) in [5.74, 6) is -1.45. The van der Waals surface area contributed by atoms with Gasteiger partial charge in [-0.15, -0.1) is 0 Å². The summed E-state index contributed by atoms with van der Waals surface area (Å²) in [5.41, 5.74) is 3.37. The topological polar surface area (TPSA) is 96.3 Å². The van der Waals surface area contributed by atoms with E-state index in [0.29, 0.717) is 25.3 Å². The fourth-order valence-corrected chi connectivity index (χ4v) is 3.84. The molecule has 9 heteroatoms. The number of rotatable bonds is 7. The van der Waals surface area contributed by atoms with Crippen molar-refractivity contribution in [1.29, 1.82) is 0 Å². The van der Waals surface area contributed by atoms with Crippen molar-refractivity contribution in [3.05, 3.63) is 88.5 Å². The molecule has 1 aliphatic rings. The molecule has 2 aromatic carbocycles. The Hall–Kier alpha value is -4.01. The predicted octanol–water partition coefficient (Wildman–Crippen LogP) is 2.42. The molecule has 2 heterocycles. The third kappa shape index (κ3) is 5.67. The number of carbonyl (C=O) groups excluding carboxylic acids is 3. The molecular weight excluding hydrogens is 437 g/mol. The standard InChI is InChI=1S/C25H26FN5O3/c1-17-4-2-5-19(12-17)16-30-10-3-11-31-22(25(30)34)13-21(29-31)24(33)28-15-23(32)27-14-18-6-8-20(26)9-7-18/h2,4-9,12-13H,3,10-11,14-16H2,1H3,(H,27,32)(H,28,33). The highest BCUT2D eigenvalue weighted by Gasteiger charge is 2.26. The minimum absolute atomic E-state index is 0.0899. The first-order valence-electron chi connectivity index (χ1n) is 11.1. The Bertz CT molecular complexity index is 1210. The molecule has 0 spiro atoms. The molecule has 8 nitrogen and oxygen atoms in total. The number of hydrogen-bond acceptors (Lipinski definition) is 4. The van der Waals surface area contributed by atoms with Crippen LogP contribution >= 0.6 is 0 Å². The van der Waals surface area contributed by atoms with Crippen molar-refractivity contribution in [1.82, 2.24) is 25.3 Å². The summed E-state index contributed by atoms with van der Waals surface area (Å²) in [4.78, 5) is 39.5. The normalized spacial score (nSPS) is 13.2. The fourth-order valence-electron chi connectivity index (χ4n) is 3.84. The van der Waals surface area contributed by atoms with Gasteiger partial charge in [0, 0.05) is 32.2 Å². The lowest BCUT2D eigenvalue weighted by Gasteiger charge is -2.20. The molecule has 1 aromatic heterocycles. The molecular formula is C25H26FN5O3. The van der Waals surface area contributed by atoms with Crippen molar-refractivity contribution in [3.63, 3.8) is 0 Å². The van der Waals surface area contributed by atoms with Crippen LogP contribution in [0.3, 0.4) is 0 Å². The maximum absolute atomic E-state index is 13.1. The van der Waals surface area contributed by atoms with E-state index < -0.39 is 5.91 Å². The summed E-state index contributed by atoms with van der Waals surface area (Å²) in [6.45, 7) is 3.61. The van der Waals surface area contributed by atoms with E-state index in [2.05, 4.69) is 21.8 Å². The van der Waals surface area contributed by atoms with Crippen molar-refractivity contribution < 1.29 is 18.8 Å². The van der Waals surface area contributed by atoms with Gasteiger partial charge in [0.05, 0.1) is 6.54 Å². The summed E-state index contributed by atoms with van der Waals surface area (Å²) < 4.78 is 14.5. The Morgan fingerprint density at radius 2 is 1.82 bits per heavy atom. The lowest BCUT2D eigenvalue weighted by atomic mass is 10.1. The number of aryl methyl sites for hydroxylation is 2. The zero-order valence-corrected chi connectivity index (χ0v) is 18.9. The lowest BCUT2D eigenvalue weighted by Crippen LogP contribution is -2.36. The molecule has 0 fully saturated rings. The molecule has 4 rings (SSSR count). The minimum atomic E-state index is -0.532. The van der Waals surface area contributed by atoms with E-state index in [9.17, 15) is 18.8 Å². The lowest BCUT2D eigenvalue weighted by molar-refractivity contribution is -0.120. The van der Waals surface area contributed by atoms with Gasteiger partial charge in [-0.25, -0.2) is 4.39 Å². The first-order valence-corrected chi connectivity index (χ1v) is 11.1. The zero-order chi connectivity index (χ0) is 24.1. The number of nitrogens with zero attached hydrogens (tertiary/aromatic N) is 3. The Balaban J connectivity index is 1.34. The highest BCUT2D eigenvalue weighted by molar-refractivity contribution is 5.99. The van der Waals surface area contributed by atoms with E-state index in [4.69, 9.17) is 0 Å². The van der Waals surface area contributed by atoms with Gasteiger partial charge in [0.1, 0.15) is 11.5 Å². The number of carbonyl (C=O) groups is 3. The number of aromatic nitrogens is 2. The van der Waals surface area contributed by atoms with E-state index in [1.807, 2.05) is 25.1 Å². The van der Waals surface area contributed by atoms with Crippen LogP contribution in [0.2, 0.25) is 0 Å². The van der Waals surface area contributed by atoms with Crippen LogP contribution in [-0.4, -0.2) is 45.5 Å². The SMILES string of the molecule is Cc1cccc(CN2CCCn3nc(C(=O)NCC(=O)NCc4ccc(F)cc4)cc3C2=O)c1. The van der Waals surface area contributed by atoms with Gasteiger partial charge < -0.3 is 15.5 Å². The highest BCUT2D eigenvalue weighted by Crippen LogP contribution is 2.17. The summed E-state index contributed by atoms with van der Waals surface area (Å²) in [6.07, 6.45) is 0.721. The third-order valence-corrected chi connectivity index (χ3v) is 5.59. The molecule has 34 heavy (non-hydrogen) atoms. The van der Waals surface area contributed by atoms with Crippen molar-refractivity contribution >= 4 is 17.7 Å². The first kappa shape index (κ1) is 23.2. The average molecular weight is 464 g/mol. The number of benzene rings is 2. The second-order valence-corrected chi connectivity index (χ2v) is 8.29. The molecule has 0 saturated carbocycles. The maximum Gasteiger partial charge on any atom is 0.272 e. The molecule has 0 unspecified atom stereocenters. The molecule has 0 aliphatic carbocycles. The molecule has 176 valence electrons. The van der Waals surface area contributed by atoms with Gasteiger partial charge in [-0.3, -0.25) is 19.1 Å². The van der Waals surface area contributed by atoms with Gasteiger partial charge >= 0.3 is 0 Å². The van der Waals surface area contributed by atoms with Gasteiger partial charge in [-0.1, -0.05) is 42.0 Å². The molecule has 0 radical (unpaired) electrons. The second-order valence-electron chi connectivity index (χ2n) is 8.29. The fraction of sp³-hybridized carbons (Fsp3) is 0.280. The number of nitrogens with one attached hydrogen (secondary N) is 2. The minimum Gasteiger partial charge on any atom is -0.350 e. The van der Waals surface area contributed by atoms with Gasteiger partial charge in [-0.05, 0) is 36.6 Å². The van der Waals surface area contributed by atoms with Gasteiger partial charge in [0.25, 0.3) is 11.8 Å². The molecule has 3 amide bonds. The van der Waals surface area contributed by atoms with E-state index in [-0.39, 0.29) is 36.4 Å². The summed E-state index contributed by atoms with van der Waals surface area (Å²) in [6, 6.07) is 15.3. The van der Waals surface area contributed by atoms with Crippen molar-refractivity contribution in [2.75, 3.05) is 13.1 Å². The Kier molecular flexibility index (Phi) is 7.01. The van der Waals surface area contributed by atoms with E-state index >= 15 is 0 Å². The highest BCUT2D eigenvalue weighted by atomic mass is 19.1. The second kappa shape index (κ2) is 10.3. The van der Waals surface area contributed by atoms with Crippen LogP contribution < -0.4 is 10.6 Å². The Labute approximate surface area is 196 Å². The van der Waals surface area contributed by atoms with E-state index in [1.165, 1.54) is 18.2 Å². The number of fused-ring (bicyclic) bond motifs is 1. The van der Waals surface area contributed by atoms with Gasteiger partial charge in [0.2, 0.25) is 5.91 Å². The van der Waals surface area contributed by atoms with E-state index in [0.717, 1.165) is 23.1 Å². The molecule has 3 aromatic rings. The van der Waals surface area contributed by atoms with Crippen LogP contribution in [0, 0.1) is 12.7 Å². The smallest absolute Gasteiger partial charge is 0.272 e. The van der Waals surface area contributed by atoms with Crippen LogP contribution in [0.15, 0.2) is 54.6 Å². The van der Waals surface area contributed by atoms with Crippen LogP contribution in [0.5, 0.6) is 0 Å². The Morgan fingerprint density at radius 3 is 2.59 bits per heavy atom. The molecule has 0 saturated heterocycles. The van der Waals surface area contributed by atoms with E-state index in [1.54, 1.807) is 21.7 Å². The first-order chi connectivity index (χ1) is 16.4. The molecule has 0 bridgehead atoms. The van der Waals surface area contributed by atoms with Crippen molar-refractivity contribution in [2.45, 2.75) is 33.0 Å². The number of amides is 3. The maximum atomic E-state index is 13.1. The van der Waals surface area contributed by atoms with Crippen LogP contribution in [0.4, 0.5) is 4.39 Å². The average Bonchev–Trinajstić information content (AvgIpc) is 3.19. The Morgan fingerprint density at radius 1 is 1.03 bits per heavy atom. The number of hydrogen-bond donors (Lipinski definition) is 2. The van der Waals surface area contributed by atoms with Crippen molar-refractivity contribution in [2.24, 2.45) is 0 Å². The molecule has 2 N–H and O–H groups in total. The van der Waals surface area contributed by atoms with Crippen LogP contribution in [-0.2, 0) is 24.4 Å². The summed E-state index contributed by atoms with van der Waals surface area (Å²) in [7, 11) is 0. The zero-order valence-electron chi connectivity index (χ0n) is 18.9. The molecule has 0 atom stereocenters. The quantitative estimate of drug-likeness (QED) is 0.563. The van der Waals surface area contributed by atoms with Gasteiger partial charge in [0.15, 0.2) is 5.69 Å². The monoisotopic (exact) mass is 463 g/mol. The van der Waals surface area contributed by atoms with Crippen LogP contribution in [0.1, 0.15) is 44.1 Å². The third-order valence-electron chi connectivity index (χ3n) is 5.59. The summed E-state index contributed by atoms with van der Waals surface area (Å²) in [5, 5.41) is 9.48. The predicted molar refractivity (Wildman–Crippen MR) is 123 cm³/mol. The van der Waals surface area contributed by atoms with Crippen molar-refractivity contribution in [3.8, 4) is 0 Å². The molecule has 1 aliphatic heterocycles. The number of halogens is 1. The largest absolute Gasteiger partial charge is 0.350 e. The van der Waals surface area contributed by atoms with Gasteiger partial charge in [-0.2, -0.15) is 5.10 Å².